The third kappa shape index (κ3) is 8.83. The lowest BCUT2D eigenvalue weighted by Crippen LogP contribution is -2.31. The Labute approximate surface area is 176 Å². The van der Waals surface area contributed by atoms with Crippen molar-refractivity contribution in [2.45, 2.75) is 31.7 Å². The average molecular weight is 439 g/mol. The lowest BCUT2D eigenvalue weighted by atomic mass is 10.1. The predicted octanol–water partition coefficient (Wildman–Crippen LogP) is 3.03. The van der Waals surface area contributed by atoms with E-state index in [1.54, 1.807) is 29.8 Å². The number of carboxylic acid groups (broad SMARTS) is 2. The number of carbonyl (C=O) groups excluding carboxylic acids is 1. The minimum Gasteiger partial charge on any atom is -0.481 e. The highest BCUT2D eigenvalue weighted by atomic mass is 32.1. The van der Waals surface area contributed by atoms with E-state index < -0.39 is 23.9 Å². The molecule has 0 aliphatic heterocycles. The molecule has 1 unspecified atom stereocenters. The number of azo groups is 1. The third-order valence-electron chi connectivity index (χ3n) is 3.63. The number of carboxylic acids is 2. The second-order valence-corrected chi connectivity index (χ2v) is 6.66. The Morgan fingerprint density at radius 1 is 1.17 bits per heavy atom. The number of nitrogens with one attached hydrogen (secondary N) is 1. The zero-order valence-electron chi connectivity index (χ0n) is 16.2. The summed E-state index contributed by atoms with van der Waals surface area (Å²) in [6.45, 7) is 0. The monoisotopic (exact) mass is 439 g/mol. The molecule has 0 saturated carbocycles. The molecule has 0 aliphatic rings. The Hall–Kier alpha value is -3.26. The summed E-state index contributed by atoms with van der Waals surface area (Å²) < 4.78 is 0. The van der Waals surface area contributed by atoms with Crippen molar-refractivity contribution >= 4 is 45.7 Å². The molecule has 0 radical (unpaired) electrons. The molecule has 30 heavy (non-hydrogen) atoms. The maximum atomic E-state index is 12.0. The smallest absolute Gasteiger partial charge is 0.320 e. The first-order valence-corrected chi connectivity index (χ1v) is 9.17. The van der Waals surface area contributed by atoms with Crippen molar-refractivity contribution in [3.05, 3.63) is 35.3 Å². The van der Waals surface area contributed by atoms with E-state index in [0.717, 1.165) is 0 Å². The van der Waals surface area contributed by atoms with E-state index in [1.165, 1.54) is 11.3 Å². The molecular weight excluding hydrogens is 414 g/mol. The summed E-state index contributed by atoms with van der Waals surface area (Å²) in [6, 6.07) is 3.74. The van der Waals surface area contributed by atoms with Gasteiger partial charge in [-0.3, -0.25) is 14.4 Å². The maximum absolute atomic E-state index is 12.0. The van der Waals surface area contributed by atoms with Crippen molar-refractivity contribution in [2.75, 3.05) is 5.32 Å². The van der Waals surface area contributed by atoms with Gasteiger partial charge in [0.2, 0.25) is 11.0 Å². The van der Waals surface area contributed by atoms with Crippen LogP contribution in [-0.2, 0) is 20.8 Å². The standard InChI is InChI=1S/C17H19N5O5S.2H3N/c18-12(16(26)27)3-5-14(23)20-11-2-4-13(10(9-11)1-6-15(24)25)21-22-17-19-7-8-28-17;;/h2,4,7-9,12H,1,3,5-6,18H2,(H,20,23)(H,24,25)(H,26,27);2*1H3/b22-21+;;. The summed E-state index contributed by atoms with van der Waals surface area (Å²) in [5.41, 5.74) is 6.90. The summed E-state index contributed by atoms with van der Waals surface area (Å²) >= 11 is 1.31. The molecule has 0 spiro atoms. The Bertz CT molecular complexity index is 873. The Kier molecular flexibility index (Phi) is 11.6. The normalized spacial score (nSPS) is 11.2. The molecule has 1 aromatic carbocycles. The van der Waals surface area contributed by atoms with Gasteiger partial charge in [-0.05, 0) is 36.6 Å². The molecule has 0 fully saturated rings. The van der Waals surface area contributed by atoms with Crippen molar-refractivity contribution in [3.63, 3.8) is 0 Å². The van der Waals surface area contributed by atoms with E-state index in [4.69, 9.17) is 15.9 Å². The van der Waals surface area contributed by atoms with Crippen LogP contribution in [-0.4, -0.2) is 39.1 Å². The zero-order chi connectivity index (χ0) is 20.5. The summed E-state index contributed by atoms with van der Waals surface area (Å²) in [4.78, 5) is 37.6. The van der Waals surface area contributed by atoms with E-state index in [9.17, 15) is 14.4 Å². The van der Waals surface area contributed by atoms with Gasteiger partial charge in [-0.25, -0.2) is 4.98 Å². The Balaban J connectivity index is 0.00000420. The third-order valence-corrected chi connectivity index (χ3v) is 4.29. The first-order valence-electron chi connectivity index (χ1n) is 8.29. The van der Waals surface area contributed by atoms with Crippen LogP contribution in [0.1, 0.15) is 24.8 Å². The number of nitrogens with two attached hydrogens (primary N) is 1. The number of hydrogen-bond acceptors (Lipinski definition) is 10. The SMILES string of the molecule is N.N.NC(CCC(=O)Nc1ccc(/N=N/c2nccs2)c(CCC(=O)O)c1)C(=O)O. The van der Waals surface area contributed by atoms with Crippen LogP contribution in [0.5, 0.6) is 0 Å². The fourth-order valence-corrected chi connectivity index (χ4v) is 2.65. The van der Waals surface area contributed by atoms with Gasteiger partial charge in [0, 0.05) is 30.1 Å². The number of thiazole rings is 1. The van der Waals surface area contributed by atoms with Gasteiger partial charge in [0.1, 0.15) is 6.04 Å². The Morgan fingerprint density at radius 2 is 1.90 bits per heavy atom. The lowest BCUT2D eigenvalue weighted by molar-refractivity contribution is -0.139. The number of aryl methyl sites for hydroxylation is 1. The quantitative estimate of drug-likeness (QED) is 0.298. The molecule has 0 saturated heterocycles. The van der Waals surface area contributed by atoms with Crippen LogP contribution in [0.2, 0.25) is 0 Å². The van der Waals surface area contributed by atoms with Crippen molar-refractivity contribution in [1.29, 1.82) is 0 Å². The van der Waals surface area contributed by atoms with Crippen LogP contribution >= 0.6 is 11.3 Å². The summed E-state index contributed by atoms with van der Waals surface area (Å²) in [5, 5.41) is 30.7. The number of aliphatic carboxylic acids is 2. The minimum atomic E-state index is -1.17. The molecule has 12 nitrogen and oxygen atoms in total. The maximum Gasteiger partial charge on any atom is 0.320 e. The number of anilines is 1. The van der Waals surface area contributed by atoms with Gasteiger partial charge < -0.3 is 33.6 Å². The van der Waals surface area contributed by atoms with Crippen molar-refractivity contribution in [2.24, 2.45) is 16.0 Å². The van der Waals surface area contributed by atoms with E-state index in [2.05, 4.69) is 20.5 Å². The zero-order valence-corrected chi connectivity index (χ0v) is 17.0. The topological polar surface area (TPSA) is 237 Å². The summed E-state index contributed by atoms with van der Waals surface area (Å²) in [5.74, 6) is -2.52. The van der Waals surface area contributed by atoms with Gasteiger partial charge >= 0.3 is 11.9 Å². The summed E-state index contributed by atoms with van der Waals surface area (Å²) in [7, 11) is 0. The van der Waals surface area contributed by atoms with E-state index >= 15 is 0 Å². The number of hydrogen-bond donors (Lipinski definition) is 6. The van der Waals surface area contributed by atoms with Gasteiger partial charge in [0.05, 0.1) is 5.69 Å². The number of carbonyl (C=O) groups is 3. The van der Waals surface area contributed by atoms with Crippen molar-refractivity contribution < 1.29 is 24.6 Å². The first-order chi connectivity index (χ1) is 13.3. The Morgan fingerprint density at radius 3 is 2.50 bits per heavy atom. The van der Waals surface area contributed by atoms with Crippen LogP contribution in [0.4, 0.5) is 16.5 Å². The van der Waals surface area contributed by atoms with Crippen LogP contribution in [0.3, 0.4) is 0 Å². The number of rotatable bonds is 10. The van der Waals surface area contributed by atoms with Crippen molar-refractivity contribution in [3.8, 4) is 0 Å². The molecule has 1 amide bonds. The number of benzene rings is 1. The molecule has 13 heteroatoms. The lowest BCUT2D eigenvalue weighted by Gasteiger charge is -2.10. The van der Waals surface area contributed by atoms with E-state index in [0.29, 0.717) is 22.1 Å². The first kappa shape index (κ1) is 26.7. The molecular formula is C17H25N7O5S. The van der Waals surface area contributed by atoms with Crippen molar-refractivity contribution in [1.82, 2.24) is 17.3 Å². The van der Waals surface area contributed by atoms with Crippen LogP contribution in [0.25, 0.3) is 0 Å². The van der Waals surface area contributed by atoms with Gasteiger partial charge in [-0.2, -0.15) is 0 Å². The van der Waals surface area contributed by atoms with Crippen LogP contribution in [0.15, 0.2) is 40.0 Å². The number of aromatic nitrogens is 1. The minimum absolute atomic E-state index is 0. The second-order valence-electron chi connectivity index (χ2n) is 5.78. The molecule has 0 aliphatic carbocycles. The molecule has 164 valence electrons. The largest absolute Gasteiger partial charge is 0.481 e. The fraction of sp³-hybridized carbons (Fsp3) is 0.294. The molecule has 1 aromatic heterocycles. The van der Waals surface area contributed by atoms with Gasteiger partial charge in [0.25, 0.3) is 0 Å². The van der Waals surface area contributed by atoms with Gasteiger partial charge in [-0.15, -0.1) is 21.6 Å². The molecule has 1 atom stereocenters. The highest BCUT2D eigenvalue weighted by molar-refractivity contribution is 7.13. The highest BCUT2D eigenvalue weighted by Crippen LogP contribution is 2.27. The number of nitrogens with zero attached hydrogens (tertiary/aromatic N) is 3. The van der Waals surface area contributed by atoms with E-state index in [-0.39, 0.29) is 38.0 Å². The molecule has 11 N–H and O–H groups in total. The summed E-state index contributed by atoms with van der Waals surface area (Å²) in [6.07, 6.45) is 1.65. The van der Waals surface area contributed by atoms with E-state index in [1.807, 2.05) is 0 Å². The predicted molar refractivity (Wildman–Crippen MR) is 112 cm³/mol. The average Bonchev–Trinajstić information content (AvgIpc) is 3.17. The number of amides is 1. The van der Waals surface area contributed by atoms with Crippen LogP contribution < -0.4 is 23.4 Å². The molecule has 1 heterocycles. The van der Waals surface area contributed by atoms with Gasteiger partial charge in [0.15, 0.2) is 0 Å². The van der Waals surface area contributed by atoms with Gasteiger partial charge in [-0.1, -0.05) is 0 Å². The molecule has 0 bridgehead atoms. The molecule has 2 aromatic rings. The second kappa shape index (κ2) is 13.1. The van der Waals surface area contributed by atoms with Crippen LogP contribution in [0, 0.1) is 0 Å². The fourth-order valence-electron chi connectivity index (χ4n) is 2.20. The highest BCUT2D eigenvalue weighted by Gasteiger charge is 2.14. The molecule has 2 rings (SSSR count).